The molecule has 0 aromatic carbocycles. The highest BCUT2D eigenvalue weighted by Crippen LogP contribution is 2.28. The molecule has 0 amide bonds. The Labute approximate surface area is 105 Å². The smallest absolute Gasteiger partial charge is 0.141 e. The van der Waals surface area contributed by atoms with Crippen LogP contribution in [0.3, 0.4) is 0 Å². The van der Waals surface area contributed by atoms with Crippen LogP contribution < -0.4 is 5.32 Å². The summed E-state index contributed by atoms with van der Waals surface area (Å²) < 4.78 is 0. The molecule has 5 heteroatoms. The molecule has 0 saturated heterocycles. The first-order chi connectivity index (χ1) is 8.18. The highest BCUT2D eigenvalue weighted by molar-refractivity contribution is 7.10. The Kier molecular flexibility index (Phi) is 3.91. The largest absolute Gasteiger partial charge is 0.300 e. The predicted octanol–water partition coefficient (Wildman–Crippen LogP) is 2.91. The first-order valence-corrected chi connectivity index (χ1v) is 6.71. The summed E-state index contributed by atoms with van der Waals surface area (Å²) in [6, 6.07) is 4.80. The second-order valence-electron chi connectivity index (χ2n) is 4.50. The van der Waals surface area contributed by atoms with Gasteiger partial charge in [0.25, 0.3) is 0 Å². The molecule has 2 unspecified atom stereocenters. The van der Waals surface area contributed by atoms with Crippen molar-refractivity contribution in [2.24, 2.45) is 5.92 Å². The zero-order valence-electron chi connectivity index (χ0n) is 10.3. The number of thiophene rings is 1. The summed E-state index contributed by atoms with van der Waals surface area (Å²) in [7, 11) is 0. The highest BCUT2D eigenvalue weighted by atomic mass is 32.1. The van der Waals surface area contributed by atoms with E-state index in [1.165, 1.54) is 4.88 Å². The fraction of sp³-hybridized carbons (Fsp3) is 0.500. The van der Waals surface area contributed by atoms with E-state index in [0.29, 0.717) is 12.0 Å². The molecule has 17 heavy (non-hydrogen) atoms. The van der Waals surface area contributed by atoms with Crippen molar-refractivity contribution in [2.75, 3.05) is 0 Å². The van der Waals surface area contributed by atoms with Gasteiger partial charge in [-0.05, 0) is 24.3 Å². The molecule has 0 saturated carbocycles. The van der Waals surface area contributed by atoms with E-state index in [9.17, 15) is 0 Å². The fourth-order valence-electron chi connectivity index (χ4n) is 1.84. The highest BCUT2D eigenvalue weighted by Gasteiger charge is 2.20. The van der Waals surface area contributed by atoms with E-state index in [-0.39, 0.29) is 6.04 Å². The average molecular weight is 250 g/mol. The molecule has 2 aromatic rings. The zero-order chi connectivity index (χ0) is 12.3. The molecule has 0 bridgehead atoms. The monoisotopic (exact) mass is 250 g/mol. The summed E-state index contributed by atoms with van der Waals surface area (Å²) in [4.78, 5) is 5.55. The first-order valence-electron chi connectivity index (χ1n) is 5.83. The number of aromatic nitrogens is 3. The molecule has 0 aliphatic rings. The maximum atomic E-state index is 4.18. The van der Waals surface area contributed by atoms with Gasteiger partial charge >= 0.3 is 0 Å². The first kappa shape index (κ1) is 12.3. The van der Waals surface area contributed by atoms with Crippen LogP contribution in [0.15, 0.2) is 23.8 Å². The van der Waals surface area contributed by atoms with Crippen molar-refractivity contribution >= 4 is 11.3 Å². The van der Waals surface area contributed by atoms with Crippen LogP contribution in [-0.2, 0) is 0 Å². The number of H-pyrrole nitrogens is 1. The lowest BCUT2D eigenvalue weighted by Crippen LogP contribution is -2.28. The summed E-state index contributed by atoms with van der Waals surface area (Å²) in [5.74, 6) is 1.42. The molecule has 2 heterocycles. The van der Waals surface area contributed by atoms with E-state index in [4.69, 9.17) is 0 Å². The van der Waals surface area contributed by atoms with E-state index >= 15 is 0 Å². The lowest BCUT2D eigenvalue weighted by molar-refractivity contribution is 0.372. The summed E-state index contributed by atoms with van der Waals surface area (Å²) in [6.45, 7) is 6.55. The van der Waals surface area contributed by atoms with Crippen molar-refractivity contribution < 1.29 is 0 Å². The molecule has 0 aliphatic carbocycles. The van der Waals surface area contributed by atoms with Gasteiger partial charge in [-0.25, -0.2) is 4.98 Å². The Balaban J connectivity index is 2.09. The number of hydrogen-bond acceptors (Lipinski definition) is 4. The minimum Gasteiger partial charge on any atom is -0.300 e. The molecule has 2 N–H and O–H groups in total. The molecule has 2 rings (SSSR count). The fourth-order valence-corrected chi connectivity index (χ4v) is 2.80. The summed E-state index contributed by atoms with van der Waals surface area (Å²) in [6.07, 6.45) is 1.54. The predicted molar refractivity (Wildman–Crippen MR) is 69.8 cm³/mol. The lowest BCUT2D eigenvalue weighted by atomic mass is 10.0. The Morgan fingerprint density at radius 1 is 1.35 bits per heavy atom. The molecular weight excluding hydrogens is 232 g/mol. The molecule has 2 aromatic heterocycles. The number of aromatic amines is 1. The maximum Gasteiger partial charge on any atom is 0.141 e. The van der Waals surface area contributed by atoms with Crippen molar-refractivity contribution in [3.63, 3.8) is 0 Å². The third kappa shape index (κ3) is 2.92. The number of rotatable bonds is 5. The van der Waals surface area contributed by atoms with Crippen LogP contribution in [0.2, 0.25) is 0 Å². The molecule has 0 spiro atoms. The Morgan fingerprint density at radius 2 is 2.18 bits per heavy atom. The van der Waals surface area contributed by atoms with Gasteiger partial charge in [-0.15, -0.1) is 11.3 Å². The van der Waals surface area contributed by atoms with Crippen LogP contribution in [0.4, 0.5) is 0 Å². The van der Waals surface area contributed by atoms with Gasteiger partial charge in [0, 0.05) is 10.9 Å². The van der Waals surface area contributed by atoms with E-state index < -0.39 is 0 Å². The maximum absolute atomic E-state index is 4.18. The van der Waals surface area contributed by atoms with Gasteiger partial charge in [0.1, 0.15) is 12.2 Å². The van der Waals surface area contributed by atoms with Crippen molar-refractivity contribution in [3.8, 4) is 0 Å². The van der Waals surface area contributed by atoms with Gasteiger partial charge in [0.05, 0.1) is 6.04 Å². The van der Waals surface area contributed by atoms with E-state index in [1.807, 2.05) is 0 Å². The molecule has 0 radical (unpaired) electrons. The minimum absolute atomic E-state index is 0.173. The van der Waals surface area contributed by atoms with E-state index in [1.54, 1.807) is 17.7 Å². The lowest BCUT2D eigenvalue weighted by Gasteiger charge is -2.24. The minimum atomic E-state index is 0.173. The van der Waals surface area contributed by atoms with Crippen LogP contribution >= 0.6 is 11.3 Å². The molecule has 92 valence electrons. The van der Waals surface area contributed by atoms with Gasteiger partial charge in [-0.3, -0.25) is 10.4 Å². The van der Waals surface area contributed by atoms with Crippen LogP contribution in [0.25, 0.3) is 0 Å². The Hall–Kier alpha value is -1.20. The van der Waals surface area contributed by atoms with Crippen LogP contribution in [0.1, 0.15) is 43.6 Å². The molecular formula is C12H18N4S. The van der Waals surface area contributed by atoms with Gasteiger partial charge in [-0.1, -0.05) is 19.9 Å². The van der Waals surface area contributed by atoms with Crippen LogP contribution in [0.5, 0.6) is 0 Å². The van der Waals surface area contributed by atoms with Crippen LogP contribution in [-0.4, -0.2) is 15.2 Å². The van der Waals surface area contributed by atoms with E-state index in [2.05, 4.69) is 58.8 Å². The van der Waals surface area contributed by atoms with E-state index in [0.717, 1.165) is 5.82 Å². The van der Waals surface area contributed by atoms with Crippen LogP contribution in [0, 0.1) is 5.92 Å². The number of nitrogens with one attached hydrogen (secondary N) is 2. The quantitative estimate of drug-likeness (QED) is 0.858. The molecule has 0 aliphatic heterocycles. The third-order valence-corrected chi connectivity index (χ3v) is 3.75. The second-order valence-corrected chi connectivity index (χ2v) is 5.48. The standard InChI is InChI=1S/C12H18N4S/c1-8(2)11(10-5-4-6-17-10)15-9(3)12-13-7-14-16-12/h4-9,11,15H,1-3H3,(H,13,14,16). The molecule has 2 atom stereocenters. The van der Waals surface area contributed by atoms with Gasteiger partial charge < -0.3 is 0 Å². The summed E-state index contributed by atoms with van der Waals surface area (Å²) >= 11 is 1.79. The van der Waals surface area contributed by atoms with Crippen molar-refractivity contribution in [3.05, 3.63) is 34.5 Å². The van der Waals surface area contributed by atoms with Crippen molar-refractivity contribution in [2.45, 2.75) is 32.9 Å². The van der Waals surface area contributed by atoms with Gasteiger partial charge in [-0.2, -0.15) is 5.10 Å². The van der Waals surface area contributed by atoms with Gasteiger partial charge in [0.2, 0.25) is 0 Å². The average Bonchev–Trinajstić information content (AvgIpc) is 2.97. The topological polar surface area (TPSA) is 53.6 Å². The Morgan fingerprint density at radius 3 is 2.71 bits per heavy atom. The second kappa shape index (κ2) is 5.42. The summed E-state index contributed by atoms with van der Waals surface area (Å²) in [5.41, 5.74) is 0. The Bertz CT molecular complexity index is 421. The summed E-state index contributed by atoms with van der Waals surface area (Å²) in [5, 5.41) is 12.5. The SMILES string of the molecule is CC(NC(c1cccs1)C(C)C)c1ncn[nH]1. The van der Waals surface area contributed by atoms with Crippen molar-refractivity contribution in [1.82, 2.24) is 20.5 Å². The van der Waals surface area contributed by atoms with Crippen molar-refractivity contribution in [1.29, 1.82) is 0 Å². The molecule has 4 nitrogen and oxygen atoms in total. The third-order valence-electron chi connectivity index (χ3n) is 2.79. The zero-order valence-corrected chi connectivity index (χ0v) is 11.2. The number of nitrogens with zero attached hydrogens (tertiary/aromatic N) is 2. The number of hydrogen-bond donors (Lipinski definition) is 2. The van der Waals surface area contributed by atoms with Gasteiger partial charge in [0.15, 0.2) is 0 Å². The molecule has 0 fully saturated rings. The normalized spacial score (nSPS) is 15.1.